The van der Waals surface area contributed by atoms with E-state index in [1.54, 1.807) is 6.20 Å². The van der Waals surface area contributed by atoms with E-state index in [1.807, 2.05) is 6.92 Å². The van der Waals surface area contributed by atoms with Crippen LogP contribution in [-0.2, 0) is 11.3 Å². The van der Waals surface area contributed by atoms with Gasteiger partial charge in [-0.3, -0.25) is 4.79 Å². The Bertz CT molecular complexity index is 385. The largest absolute Gasteiger partial charge is 0.444 e. The molecule has 4 nitrogen and oxygen atoms in total. The van der Waals surface area contributed by atoms with Crippen LogP contribution in [0.4, 0.5) is 0 Å². The molecule has 1 saturated carbocycles. The average molecular weight is 240 g/mol. The lowest BCUT2D eigenvalue weighted by atomic mass is 10.1. The van der Waals surface area contributed by atoms with Crippen LogP contribution in [0.5, 0.6) is 0 Å². The molecule has 2 rings (SSSR count). The number of carbonyl (C=O) groups excluding carboxylic acids is 1. The van der Waals surface area contributed by atoms with Crippen LogP contribution in [0, 0.1) is 12.3 Å². The number of hydrogen-bond donors (Lipinski definition) is 2. The van der Waals surface area contributed by atoms with Crippen molar-refractivity contribution in [1.29, 1.82) is 0 Å². The average Bonchev–Trinajstić information content (AvgIpc) is 2.91. The highest BCUT2D eigenvalue weighted by molar-refractivity contribution is 7.80. The molecule has 1 aliphatic carbocycles. The molecule has 1 heterocycles. The number of nitrogens with one attached hydrogen (secondary N) is 1. The standard InChI is InChI=1S/C11H16N2O2S/c1-8-5-13-10(15-8)6-12-9(14)4-11(7-16)2-3-11/h5,16H,2-4,6-7H2,1H3,(H,12,14). The number of carbonyl (C=O) groups is 1. The Morgan fingerprint density at radius 1 is 1.69 bits per heavy atom. The van der Waals surface area contributed by atoms with Crippen molar-refractivity contribution in [3.8, 4) is 0 Å². The summed E-state index contributed by atoms with van der Waals surface area (Å²) in [5, 5.41) is 2.81. The van der Waals surface area contributed by atoms with E-state index < -0.39 is 0 Å². The number of hydrogen-bond acceptors (Lipinski definition) is 4. The number of oxazole rings is 1. The van der Waals surface area contributed by atoms with Gasteiger partial charge in [-0.05, 0) is 30.9 Å². The molecule has 1 aromatic rings. The predicted molar refractivity (Wildman–Crippen MR) is 63.2 cm³/mol. The normalized spacial score (nSPS) is 17.1. The van der Waals surface area contributed by atoms with E-state index in [0.29, 0.717) is 18.9 Å². The minimum absolute atomic E-state index is 0.0578. The quantitative estimate of drug-likeness (QED) is 0.770. The fourth-order valence-electron chi connectivity index (χ4n) is 1.63. The molecule has 1 aliphatic rings. The van der Waals surface area contributed by atoms with Gasteiger partial charge in [0.1, 0.15) is 5.76 Å². The number of rotatable bonds is 5. The van der Waals surface area contributed by atoms with Crippen LogP contribution in [0.3, 0.4) is 0 Å². The molecule has 1 aromatic heterocycles. The van der Waals surface area contributed by atoms with Crippen LogP contribution in [0.1, 0.15) is 30.9 Å². The van der Waals surface area contributed by atoms with Crippen molar-refractivity contribution in [3.05, 3.63) is 17.8 Å². The van der Waals surface area contributed by atoms with E-state index in [9.17, 15) is 4.79 Å². The maximum Gasteiger partial charge on any atom is 0.221 e. The fourth-order valence-corrected chi connectivity index (χ4v) is 2.06. The summed E-state index contributed by atoms with van der Waals surface area (Å²) in [7, 11) is 0. The lowest BCUT2D eigenvalue weighted by Gasteiger charge is -2.10. The third kappa shape index (κ3) is 2.78. The first-order chi connectivity index (χ1) is 7.63. The lowest BCUT2D eigenvalue weighted by Crippen LogP contribution is -2.26. The molecule has 16 heavy (non-hydrogen) atoms. The van der Waals surface area contributed by atoms with Crippen molar-refractivity contribution in [3.63, 3.8) is 0 Å². The van der Waals surface area contributed by atoms with Crippen LogP contribution >= 0.6 is 12.6 Å². The summed E-state index contributed by atoms with van der Waals surface area (Å²) >= 11 is 4.27. The molecule has 0 spiro atoms. The first kappa shape index (κ1) is 11.5. The summed E-state index contributed by atoms with van der Waals surface area (Å²) in [5.41, 5.74) is 0.166. The van der Waals surface area contributed by atoms with Gasteiger partial charge in [0.15, 0.2) is 0 Å². The molecular weight excluding hydrogens is 224 g/mol. The summed E-state index contributed by atoms with van der Waals surface area (Å²) in [6.45, 7) is 2.20. The molecule has 0 aliphatic heterocycles. The Morgan fingerprint density at radius 3 is 2.94 bits per heavy atom. The van der Waals surface area contributed by atoms with E-state index in [1.165, 1.54) is 0 Å². The van der Waals surface area contributed by atoms with Gasteiger partial charge in [-0.25, -0.2) is 4.98 Å². The van der Waals surface area contributed by atoms with Gasteiger partial charge >= 0.3 is 0 Å². The number of nitrogens with zero attached hydrogens (tertiary/aromatic N) is 1. The second-order valence-corrected chi connectivity index (χ2v) is 4.79. The zero-order valence-corrected chi connectivity index (χ0v) is 10.2. The smallest absolute Gasteiger partial charge is 0.221 e. The summed E-state index contributed by atoms with van der Waals surface area (Å²) < 4.78 is 5.27. The molecule has 88 valence electrons. The van der Waals surface area contributed by atoms with Crippen molar-refractivity contribution in [1.82, 2.24) is 10.3 Å². The third-order valence-corrected chi connectivity index (χ3v) is 3.60. The van der Waals surface area contributed by atoms with Crippen LogP contribution in [-0.4, -0.2) is 16.6 Å². The zero-order chi connectivity index (χ0) is 11.6. The van der Waals surface area contributed by atoms with Gasteiger partial charge in [0, 0.05) is 6.42 Å². The van der Waals surface area contributed by atoms with Crippen molar-refractivity contribution >= 4 is 18.5 Å². The second kappa shape index (κ2) is 4.49. The highest BCUT2D eigenvalue weighted by Crippen LogP contribution is 2.49. The Balaban J connectivity index is 1.76. The van der Waals surface area contributed by atoms with Crippen molar-refractivity contribution in [2.45, 2.75) is 32.7 Å². The highest BCUT2D eigenvalue weighted by atomic mass is 32.1. The van der Waals surface area contributed by atoms with E-state index in [4.69, 9.17) is 4.42 Å². The maximum absolute atomic E-state index is 11.6. The van der Waals surface area contributed by atoms with Crippen molar-refractivity contribution < 1.29 is 9.21 Å². The van der Waals surface area contributed by atoms with E-state index >= 15 is 0 Å². The summed E-state index contributed by atoms with van der Waals surface area (Å²) in [6, 6.07) is 0. The molecule has 1 N–H and O–H groups in total. The highest BCUT2D eigenvalue weighted by Gasteiger charge is 2.42. The summed E-state index contributed by atoms with van der Waals surface area (Å²) in [5.74, 6) is 2.17. The fraction of sp³-hybridized carbons (Fsp3) is 0.636. The first-order valence-electron chi connectivity index (χ1n) is 5.42. The van der Waals surface area contributed by atoms with Crippen molar-refractivity contribution in [2.24, 2.45) is 5.41 Å². The molecule has 1 amide bonds. The zero-order valence-electron chi connectivity index (χ0n) is 9.32. The SMILES string of the molecule is Cc1cnc(CNC(=O)CC2(CS)CC2)o1. The van der Waals surface area contributed by atoms with Gasteiger partial charge in [-0.1, -0.05) is 0 Å². The van der Waals surface area contributed by atoms with Gasteiger partial charge in [-0.2, -0.15) is 12.6 Å². The number of aryl methyl sites for hydroxylation is 1. The minimum Gasteiger partial charge on any atom is -0.444 e. The van der Waals surface area contributed by atoms with E-state index in [2.05, 4.69) is 22.9 Å². The van der Waals surface area contributed by atoms with Crippen molar-refractivity contribution in [2.75, 3.05) is 5.75 Å². The second-order valence-electron chi connectivity index (χ2n) is 4.48. The Kier molecular flexibility index (Phi) is 3.23. The Morgan fingerprint density at radius 2 is 2.44 bits per heavy atom. The van der Waals surface area contributed by atoms with Gasteiger partial charge in [0.05, 0.1) is 12.7 Å². The molecular formula is C11H16N2O2S. The molecule has 0 unspecified atom stereocenters. The summed E-state index contributed by atoms with van der Waals surface area (Å²) in [6.07, 6.45) is 4.44. The molecule has 0 saturated heterocycles. The van der Waals surface area contributed by atoms with Gasteiger partial charge in [0.25, 0.3) is 0 Å². The van der Waals surface area contributed by atoms with Crippen LogP contribution in [0.25, 0.3) is 0 Å². The molecule has 0 aromatic carbocycles. The lowest BCUT2D eigenvalue weighted by molar-refractivity contribution is -0.122. The number of thiol groups is 1. The number of aromatic nitrogens is 1. The van der Waals surface area contributed by atoms with E-state index in [0.717, 1.165) is 24.4 Å². The molecule has 0 radical (unpaired) electrons. The molecule has 1 fully saturated rings. The maximum atomic E-state index is 11.6. The van der Waals surface area contributed by atoms with E-state index in [-0.39, 0.29) is 11.3 Å². The van der Waals surface area contributed by atoms with Crippen LogP contribution in [0.2, 0.25) is 0 Å². The predicted octanol–water partition coefficient (Wildman–Crippen LogP) is 1.70. The molecule has 5 heteroatoms. The molecule has 0 atom stereocenters. The van der Waals surface area contributed by atoms with Gasteiger partial charge < -0.3 is 9.73 Å². The molecule has 0 bridgehead atoms. The van der Waals surface area contributed by atoms with Gasteiger partial charge in [0.2, 0.25) is 11.8 Å². The monoisotopic (exact) mass is 240 g/mol. The number of amides is 1. The van der Waals surface area contributed by atoms with Gasteiger partial charge in [-0.15, -0.1) is 0 Å². The minimum atomic E-state index is 0.0578. The summed E-state index contributed by atoms with van der Waals surface area (Å²) in [4.78, 5) is 15.6. The third-order valence-electron chi connectivity index (χ3n) is 2.93. The Hall–Kier alpha value is -0.970. The Labute approximate surface area is 100 Å². The van der Waals surface area contributed by atoms with Crippen LogP contribution < -0.4 is 5.32 Å². The van der Waals surface area contributed by atoms with Crippen LogP contribution in [0.15, 0.2) is 10.6 Å². The topological polar surface area (TPSA) is 55.1 Å². The first-order valence-corrected chi connectivity index (χ1v) is 6.06.